The van der Waals surface area contributed by atoms with Crippen LogP contribution in [0, 0.1) is 0 Å². The maximum atomic E-state index is 11.5. The minimum Gasteiger partial charge on any atom is -0.494 e. The van der Waals surface area contributed by atoms with Crippen molar-refractivity contribution >= 4 is 28.7 Å². The summed E-state index contributed by atoms with van der Waals surface area (Å²) in [6.07, 6.45) is 12.3. The van der Waals surface area contributed by atoms with Crippen LogP contribution < -0.4 is 10.2 Å². The standard InChI is InChI=1S/C24H35N3O3S/c1-3-5-6-7-8-9-10-11-16-30-22-14-12-20(13-15-22)18-25-27-24-26-21(19-31-24)17-23(28)29-4-2/h12-15,18-19H,3-11,16-17H2,1-2H3,(H,26,27). The molecule has 1 aromatic heterocycles. The molecule has 0 unspecified atom stereocenters. The molecule has 0 saturated carbocycles. The summed E-state index contributed by atoms with van der Waals surface area (Å²) in [5.74, 6) is 0.615. The van der Waals surface area contributed by atoms with Crippen molar-refractivity contribution < 1.29 is 14.3 Å². The average molecular weight is 446 g/mol. The Hall–Kier alpha value is -2.41. The van der Waals surface area contributed by atoms with E-state index in [1.165, 1.54) is 56.3 Å². The lowest BCUT2D eigenvalue weighted by Gasteiger charge is -2.06. The second-order valence-electron chi connectivity index (χ2n) is 7.39. The van der Waals surface area contributed by atoms with Crippen LogP contribution in [-0.4, -0.2) is 30.4 Å². The van der Waals surface area contributed by atoms with Gasteiger partial charge in [-0.25, -0.2) is 4.98 Å². The number of carbonyl (C=O) groups is 1. The van der Waals surface area contributed by atoms with Gasteiger partial charge in [0.2, 0.25) is 5.13 Å². The zero-order valence-corrected chi connectivity index (χ0v) is 19.6. The van der Waals surface area contributed by atoms with Crippen molar-refractivity contribution in [1.29, 1.82) is 0 Å². The molecule has 1 aromatic carbocycles. The first-order valence-electron chi connectivity index (χ1n) is 11.3. The van der Waals surface area contributed by atoms with E-state index < -0.39 is 0 Å². The van der Waals surface area contributed by atoms with Crippen LogP contribution in [0.15, 0.2) is 34.7 Å². The highest BCUT2D eigenvalue weighted by Crippen LogP contribution is 2.16. The van der Waals surface area contributed by atoms with Crippen molar-refractivity contribution in [3.8, 4) is 5.75 Å². The molecule has 6 nitrogen and oxygen atoms in total. The Balaban J connectivity index is 1.62. The van der Waals surface area contributed by atoms with Crippen LogP contribution in [0.25, 0.3) is 0 Å². The SMILES string of the molecule is CCCCCCCCCCOc1ccc(C=NNc2nc(CC(=O)OCC)cs2)cc1. The number of aromatic nitrogens is 1. The van der Waals surface area contributed by atoms with Gasteiger partial charge in [0, 0.05) is 5.38 Å². The number of hydrogen-bond donors (Lipinski definition) is 1. The summed E-state index contributed by atoms with van der Waals surface area (Å²) in [5.41, 5.74) is 4.54. The molecule has 0 aliphatic heterocycles. The fraction of sp³-hybridized carbons (Fsp3) is 0.542. The number of unbranched alkanes of at least 4 members (excludes halogenated alkanes) is 7. The van der Waals surface area contributed by atoms with Crippen molar-refractivity contribution in [2.45, 2.75) is 71.6 Å². The van der Waals surface area contributed by atoms with Crippen LogP contribution in [-0.2, 0) is 16.0 Å². The van der Waals surface area contributed by atoms with Gasteiger partial charge in [-0.2, -0.15) is 5.10 Å². The molecule has 0 radical (unpaired) electrons. The molecule has 0 amide bonds. The molecule has 0 aliphatic carbocycles. The Bertz CT molecular complexity index is 775. The van der Waals surface area contributed by atoms with Crippen molar-refractivity contribution in [3.63, 3.8) is 0 Å². The Morgan fingerprint density at radius 3 is 2.48 bits per heavy atom. The number of rotatable bonds is 16. The smallest absolute Gasteiger partial charge is 0.311 e. The summed E-state index contributed by atoms with van der Waals surface area (Å²) in [6, 6.07) is 7.88. The lowest BCUT2D eigenvalue weighted by atomic mass is 10.1. The highest BCUT2D eigenvalue weighted by Gasteiger charge is 2.07. The van der Waals surface area contributed by atoms with Crippen molar-refractivity contribution in [2.75, 3.05) is 18.6 Å². The Labute approximate surface area is 190 Å². The van der Waals surface area contributed by atoms with E-state index in [9.17, 15) is 4.79 Å². The van der Waals surface area contributed by atoms with Crippen molar-refractivity contribution in [1.82, 2.24) is 4.98 Å². The lowest BCUT2D eigenvalue weighted by molar-refractivity contribution is -0.142. The quantitative estimate of drug-likeness (QED) is 0.144. The van der Waals surface area contributed by atoms with E-state index in [1.807, 2.05) is 29.6 Å². The third-order valence-corrected chi connectivity index (χ3v) is 5.50. The summed E-state index contributed by atoms with van der Waals surface area (Å²) in [7, 11) is 0. The first-order chi connectivity index (χ1) is 15.2. The number of ether oxygens (including phenoxy) is 2. The molecule has 31 heavy (non-hydrogen) atoms. The monoisotopic (exact) mass is 445 g/mol. The largest absolute Gasteiger partial charge is 0.494 e. The van der Waals surface area contributed by atoms with Gasteiger partial charge in [0.1, 0.15) is 5.75 Å². The van der Waals surface area contributed by atoms with E-state index in [2.05, 4.69) is 22.4 Å². The van der Waals surface area contributed by atoms with Crippen LogP contribution in [0.1, 0.15) is 76.5 Å². The van der Waals surface area contributed by atoms with Gasteiger partial charge in [-0.05, 0) is 43.2 Å². The van der Waals surface area contributed by atoms with Gasteiger partial charge in [0.15, 0.2) is 0 Å². The molecule has 170 valence electrons. The van der Waals surface area contributed by atoms with Crippen LogP contribution in [0.3, 0.4) is 0 Å². The predicted octanol–water partition coefficient (Wildman–Crippen LogP) is 6.21. The molecule has 0 aliphatic rings. The number of hydrazone groups is 1. The maximum absolute atomic E-state index is 11.5. The molecule has 7 heteroatoms. The van der Waals surface area contributed by atoms with E-state index in [-0.39, 0.29) is 12.4 Å². The number of nitrogens with one attached hydrogen (secondary N) is 1. The third-order valence-electron chi connectivity index (χ3n) is 4.70. The van der Waals surface area contributed by atoms with Gasteiger partial charge in [-0.3, -0.25) is 10.2 Å². The predicted molar refractivity (Wildman–Crippen MR) is 128 cm³/mol. The van der Waals surface area contributed by atoms with Gasteiger partial charge in [-0.15, -0.1) is 11.3 Å². The zero-order valence-electron chi connectivity index (χ0n) is 18.8. The summed E-state index contributed by atoms with van der Waals surface area (Å²) >= 11 is 1.40. The molecule has 2 aromatic rings. The summed E-state index contributed by atoms with van der Waals surface area (Å²) in [5, 5.41) is 6.68. The molecule has 1 heterocycles. The molecular formula is C24H35N3O3S. The Morgan fingerprint density at radius 1 is 1.06 bits per heavy atom. The van der Waals surface area contributed by atoms with Crippen LogP contribution in [0.4, 0.5) is 5.13 Å². The number of nitrogens with zero attached hydrogens (tertiary/aromatic N) is 2. The normalized spacial score (nSPS) is 11.0. The maximum Gasteiger partial charge on any atom is 0.311 e. The number of benzene rings is 1. The summed E-state index contributed by atoms with van der Waals surface area (Å²) < 4.78 is 10.8. The minimum atomic E-state index is -0.271. The Kier molecular flexibility index (Phi) is 12.3. The van der Waals surface area contributed by atoms with E-state index >= 15 is 0 Å². The fourth-order valence-electron chi connectivity index (χ4n) is 3.04. The zero-order chi connectivity index (χ0) is 22.2. The lowest BCUT2D eigenvalue weighted by Crippen LogP contribution is -2.07. The molecule has 0 spiro atoms. The van der Waals surface area contributed by atoms with E-state index in [0.29, 0.717) is 17.4 Å². The summed E-state index contributed by atoms with van der Waals surface area (Å²) in [6.45, 7) is 5.18. The Morgan fingerprint density at radius 2 is 1.77 bits per heavy atom. The van der Waals surface area contributed by atoms with E-state index in [4.69, 9.17) is 9.47 Å². The van der Waals surface area contributed by atoms with Crippen LogP contribution in [0.2, 0.25) is 0 Å². The van der Waals surface area contributed by atoms with Gasteiger partial charge in [0.05, 0.1) is 31.5 Å². The first-order valence-corrected chi connectivity index (χ1v) is 12.2. The average Bonchev–Trinajstić information content (AvgIpc) is 3.21. The highest BCUT2D eigenvalue weighted by atomic mass is 32.1. The second kappa shape index (κ2) is 15.4. The second-order valence-corrected chi connectivity index (χ2v) is 8.25. The third kappa shape index (κ3) is 11.0. The molecule has 0 saturated heterocycles. The van der Waals surface area contributed by atoms with Crippen molar-refractivity contribution in [2.24, 2.45) is 5.10 Å². The number of esters is 1. The molecular weight excluding hydrogens is 410 g/mol. The topological polar surface area (TPSA) is 72.8 Å². The number of hydrogen-bond acceptors (Lipinski definition) is 7. The fourth-order valence-corrected chi connectivity index (χ4v) is 3.70. The first kappa shape index (κ1) is 24.9. The van der Waals surface area contributed by atoms with Crippen LogP contribution in [0.5, 0.6) is 5.75 Å². The van der Waals surface area contributed by atoms with Gasteiger partial charge in [0.25, 0.3) is 0 Å². The van der Waals surface area contributed by atoms with Gasteiger partial charge >= 0.3 is 5.97 Å². The molecule has 1 N–H and O–H groups in total. The van der Waals surface area contributed by atoms with Crippen molar-refractivity contribution in [3.05, 3.63) is 40.9 Å². The summed E-state index contributed by atoms with van der Waals surface area (Å²) in [4.78, 5) is 15.8. The molecule has 2 rings (SSSR count). The van der Waals surface area contributed by atoms with Gasteiger partial charge in [-0.1, -0.05) is 51.9 Å². The molecule has 0 fully saturated rings. The van der Waals surface area contributed by atoms with E-state index in [0.717, 1.165) is 24.3 Å². The van der Waals surface area contributed by atoms with Crippen LogP contribution >= 0.6 is 11.3 Å². The van der Waals surface area contributed by atoms with E-state index in [1.54, 1.807) is 13.1 Å². The number of thiazole rings is 1. The number of anilines is 1. The molecule has 0 atom stereocenters. The number of carbonyl (C=O) groups excluding carboxylic acids is 1. The van der Waals surface area contributed by atoms with Gasteiger partial charge < -0.3 is 9.47 Å². The molecule has 0 bridgehead atoms. The minimum absolute atomic E-state index is 0.177. The highest BCUT2D eigenvalue weighted by molar-refractivity contribution is 7.13.